The molecular weight excluding hydrogens is 336 g/mol. The molecule has 0 fully saturated rings. The van der Waals surface area contributed by atoms with Crippen molar-refractivity contribution in [3.05, 3.63) is 56.7 Å². The maximum Gasteiger partial charge on any atom is 0.252 e. The number of carbonyl (C=O) groups excluding carboxylic acids is 1. The summed E-state index contributed by atoms with van der Waals surface area (Å²) in [6.07, 6.45) is 0. The van der Waals surface area contributed by atoms with E-state index in [1.165, 1.54) is 9.78 Å². The number of benzene rings is 1. The molecule has 2 N–H and O–H groups in total. The zero-order valence-corrected chi connectivity index (χ0v) is 13.9. The van der Waals surface area contributed by atoms with Gasteiger partial charge < -0.3 is 10.2 Å². The van der Waals surface area contributed by atoms with E-state index in [-0.39, 0.29) is 11.9 Å². The van der Waals surface area contributed by atoms with Crippen LogP contribution in [0.1, 0.15) is 21.3 Å². The molecule has 106 valence electrons. The number of likely N-dealkylation sites (N-methyl/N-ethyl adjacent to an activating group) is 1. The summed E-state index contributed by atoms with van der Waals surface area (Å²) in [5, 5.41) is 5.10. The van der Waals surface area contributed by atoms with Crippen LogP contribution in [0.5, 0.6) is 0 Å². The fraction of sp³-hybridized carbons (Fsp3) is 0.267. The fourth-order valence-corrected chi connectivity index (χ4v) is 3.43. The zero-order chi connectivity index (χ0) is 14.5. The van der Waals surface area contributed by atoms with Crippen molar-refractivity contribution in [2.45, 2.75) is 6.04 Å². The third-order valence-electron chi connectivity index (χ3n) is 3.17. The van der Waals surface area contributed by atoms with E-state index < -0.39 is 0 Å². The molecular formula is C15H18BrN2OS+. The van der Waals surface area contributed by atoms with Crippen LogP contribution in [0.3, 0.4) is 0 Å². The van der Waals surface area contributed by atoms with Gasteiger partial charge in [0.2, 0.25) is 0 Å². The normalized spacial score (nSPS) is 12.4. The van der Waals surface area contributed by atoms with Crippen LogP contribution in [0.25, 0.3) is 0 Å². The Morgan fingerprint density at radius 1 is 1.30 bits per heavy atom. The van der Waals surface area contributed by atoms with Crippen LogP contribution >= 0.6 is 27.3 Å². The maximum absolute atomic E-state index is 12.2. The number of quaternary nitrogens is 1. The summed E-state index contributed by atoms with van der Waals surface area (Å²) in [4.78, 5) is 14.8. The van der Waals surface area contributed by atoms with Gasteiger partial charge in [-0.3, -0.25) is 4.79 Å². The third kappa shape index (κ3) is 3.69. The smallest absolute Gasteiger partial charge is 0.252 e. The lowest BCUT2D eigenvalue weighted by Crippen LogP contribution is -3.06. The highest BCUT2D eigenvalue weighted by molar-refractivity contribution is 9.10. The molecule has 1 aromatic carbocycles. The van der Waals surface area contributed by atoms with Gasteiger partial charge in [-0.15, -0.1) is 11.3 Å². The molecule has 2 aromatic rings. The highest BCUT2D eigenvalue weighted by atomic mass is 79.9. The highest BCUT2D eigenvalue weighted by Crippen LogP contribution is 2.17. The van der Waals surface area contributed by atoms with Crippen LogP contribution in [0, 0.1) is 0 Å². The van der Waals surface area contributed by atoms with Gasteiger partial charge in [0, 0.05) is 4.47 Å². The van der Waals surface area contributed by atoms with E-state index in [9.17, 15) is 4.79 Å². The Balaban J connectivity index is 2.03. The summed E-state index contributed by atoms with van der Waals surface area (Å²) in [7, 11) is 4.21. The van der Waals surface area contributed by atoms with Gasteiger partial charge in [-0.2, -0.15) is 0 Å². The van der Waals surface area contributed by atoms with E-state index in [1.54, 1.807) is 11.3 Å². The quantitative estimate of drug-likeness (QED) is 0.848. The molecule has 0 saturated carbocycles. The number of nitrogens with one attached hydrogen (secondary N) is 2. The zero-order valence-electron chi connectivity index (χ0n) is 11.5. The van der Waals surface area contributed by atoms with Crippen LogP contribution in [-0.4, -0.2) is 26.5 Å². The van der Waals surface area contributed by atoms with Crippen molar-refractivity contribution in [3.63, 3.8) is 0 Å². The number of rotatable bonds is 5. The first-order valence-electron chi connectivity index (χ1n) is 6.45. The molecule has 0 bridgehead atoms. The molecule has 0 radical (unpaired) electrons. The van der Waals surface area contributed by atoms with Crippen LogP contribution in [0.4, 0.5) is 0 Å². The molecule has 0 spiro atoms. The average Bonchev–Trinajstić information content (AvgIpc) is 2.92. The lowest BCUT2D eigenvalue weighted by atomic mass is 10.2. The van der Waals surface area contributed by atoms with Crippen molar-refractivity contribution >= 4 is 33.2 Å². The number of carbonyl (C=O) groups is 1. The van der Waals surface area contributed by atoms with Gasteiger partial charge >= 0.3 is 0 Å². The molecule has 0 aliphatic carbocycles. The molecule has 1 heterocycles. The average molecular weight is 354 g/mol. The Morgan fingerprint density at radius 2 is 2.05 bits per heavy atom. The summed E-state index contributed by atoms with van der Waals surface area (Å²) >= 11 is 5.14. The standard InChI is InChI=1S/C15H17BrN2OS/c1-18(2)13(14-8-5-9-20-14)10-17-15(19)11-6-3-4-7-12(11)16/h3-9,13H,10H2,1-2H3,(H,17,19)/p+1/t13-/m1/s1. The third-order valence-corrected chi connectivity index (χ3v) is 4.85. The van der Waals surface area contributed by atoms with Crippen molar-refractivity contribution in [2.75, 3.05) is 20.6 Å². The van der Waals surface area contributed by atoms with E-state index >= 15 is 0 Å². The minimum absolute atomic E-state index is 0.0414. The molecule has 1 aromatic heterocycles. The van der Waals surface area contributed by atoms with Crippen molar-refractivity contribution in [1.82, 2.24) is 5.32 Å². The molecule has 0 unspecified atom stereocenters. The minimum Gasteiger partial charge on any atom is -0.346 e. The largest absolute Gasteiger partial charge is 0.346 e. The van der Waals surface area contributed by atoms with E-state index in [1.807, 2.05) is 30.3 Å². The molecule has 1 atom stereocenters. The summed E-state index contributed by atoms with van der Waals surface area (Å²) in [6.45, 7) is 0.628. The van der Waals surface area contributed by atoms with E-state index in [0.717, 1.165) is 4.47 Å². The SMILES string of the molecule is C[NH+](C)[C@H](CNC(=O)c1ccccc1Br)c1cccs1. The summed E-state index contributed by atoms with van der Waals surface area (Å²) < 4.78 is 0.822. The summed E-state index contributed by atoms with van der Waals surface area (Å²) in [6, 6.07) is 11.9. The number of hydrogen-bond acceptors (Lipinski definition) is 2. The molecule has 3 nitrogen and oxygen atoms in total. The predicted molar refractivity (Wildman–Crippen MR) is 86.3 cm³/mol. The first-order chi connectivity index (χ1) is 9.59. The lowest BCUT2D eigenvalue weighted by Gasteiger charge is -2.20. The molecule has 5 heteroatoms. The van der Waals surface area contributed by atoms with Crippen molar-refractivity contribution in [3.8, 4) is 0 Å². The van der Waals surface area contributed by atoms with Gasteiger partial charge in [-0.25, -0.2) is 0 Å². The number of hydrogen-bond donors (Lipinski definition) is 2. The maximum atomic E-state index is 12.2. The molecule has 0 aliphatic rings. The van der Waals surface area contributed by atoms with Crippen molar-refractivity contribution in [1.29, 1.82) is 0 Å². The minimum atomic E-state index is -0.0414. The van der Waals surface area contributed by atoms with Gasteiger partial charge in [0.25, 0.3) is 5.91 Å². The summed E-state index contributed by atoms with van der Waals surface area (Å²) in [5.41, 5.74) is 0.672. The Morgan fingerprint density at radius 3 is 2.65 bits per heavy atom. The second-order valence-corrected chi connectivity index (χ2v) is 6.67. The van der Waals surface area contributed by atoms with Crippen LogP contribution < -0.4 is 10.2 Å². The Labute approximate surface area is 131 Å². The first-order valence-corrected chi connectivity index (χ1v) is 8.13. The monoisotopic (exact) mass is 353 g/mol. The second-order valence-electron chi connectivity index (χ2n) is 4.84. The predicted octanol–water partition coefficient (Wildman–Crippen LogP) is 2.13. The first kappa shape index (κ1) is 15.2. The second kappa shape index (κ2) is 7.02. The van der Waals surface area contributed by atoms with Gasteiger partial charge in [0.05, 0.1) is 31.1 Å². The highest BCUT2D eigenvalue weighted by Gasteiger charge is 2.20. The fourth-order valence-electron chi connectivity index (χ4n) is 2.01. The number of halogens is 1. The molecule has 0 aliphatic heterocycles. The number of thiophene rings is 1. The molecule has 0 saturated heterocycles. The Kier molecular flexibility index (Phi) is 5.34. The molecule has 2 rings (SSSR count). The van der Waals surface area contributed by atoms with Crippen molar-refractivity contribution < 1.29 is 9.69 Å². The van der Waals surface area contributed by atoms with Crippen molar-refractivity contribution in [2.24, 2.45) is 0 Å². The Bertz CT molecular complexity index is 569. The van der Waals surface area contributed by atoms with E-state index in [2.05, 4.69) is 46.8 Å². The van der Waals surface area contributed by atoms with Crippen LogP contribution in [0.2, 0.25) is 0 Å². The molecule has 1 amide bonds. The van der Waals surface area contributed by atoms with Gasteiger partial charge in [0.1, 0.15) is 6.04 Å². The number of amides is 1. The van der Waals surface area contributed by atoms with Crippen LogP contribution in [-0.2, 0) is 0 Å². The molecule has 20 heavy (non-hydrogen) atoms. The van der Waals surface area contributed by atoms with Gasteiger partial charge in [0.15, 0.2) is 0 Å². The Hall–Kier alpha value is -1.17. The summed E-state index contributed by atoms with van der Waals surface area (Å²) in [5.74, 6) is -0.0414. The van der Waals surface area contributed by atoms with E-state index in [4.69, 9.17) is 0 Å². The van der Waals surface area contributed by atoms with E-state index in [0.29, 0.717) is 12.1 Å². The van der Waals surface area contributed by atoms with Gasteiger partial charge in [-0.05, 0) is 39.5 Å². The topological polar surface area (TPSA) is 33.5 Å². The lowest BCUT2D eigenvalue weighted by molar-refractivity contribution is -0.890. The van der Waals surface area contributed by atoms with Crippen LogP contribution in [0.15, 0.2) is 46.3 Å². The van der Waals surface area contributed by atoms with Gasteiger partial charge in [-0.1, -0.05) is 18.2 Å².